The van der Waals surface area contributed by atoms with E-state index in [9.17, 15) is 13.2 Å². The zero-order chi connectivity index (χ0) is 11.4. The number of aryl methyl sites for hydroxylation is 2. The Balaban J connectivity index is 0. The summed E-state index contributed by atoms with van der Waals surface area (Å²) in [5, 5.41) is 0. The van der Waals surface area contributed by atoms with E-state index in [1.807, 2.05) is 0 Å². The van der Waals surface area contributed by atoms with Gasteiger partial charge in [0.1, 0.15) is 0 Å². The fraction of sp³-hybridized carbons (Fsp3) is 0.364. The van der Waals surface area contributed by atoms with E-state index in [-0.39, 0.29) is 40.0 Å². The molecule has 0 saturated heterocycles. The zero-order valence-electron chi connectivity index (χ0n) is 9.72. The summed E-state index contributed by atoms with van der Waals surface area (Å²) in [4.78, 5) is 0. The molecule has 17 heavy (non-hydrogen) atoms. The molecule has 0 heterocycles. The predicted molar refractivity (Wildman–Crippen MR) is 54.4 cm³/mol. The van der Waals surface area contributed by atoms with Crippen LogP contribution in [-0.4, -0.2) is 13.5 Å². The summed E-state index contributed by atoms with van der Waals surface area (Å²) in [7, 11) is 0. The van der Waals surface area contributed by atoms with E-state index in [0.29, 0.717) is 11.1 Å². The van der Waals surface area contributed by atoms with Crippen LogP contribution in [-0.2, 0) is 21.1 Å². The Hall–Kier alpha value is -0.702. The maximum atomic E-state index is 12.0. The fourth-order valence-electron chi connectivity index (χ4n) is 1.23. The molecule has 1 aromatic rings. The second-order valence-corrected chi connectivity index (χ2v) is 2.93. The molecular formula is C11H13F3O2W. The molecule has 96 valence electrons. The Bertz CT molecular complexity index is 346. The van der Waals surface area contributed by atoms with Gasteiger partial charge in [-0.3, -0.25) is 0 Å². The van der Waals surface area contributed by atoms with Crippen LogP contribution in [0.1, 0.15) is 11.1 Å². The number of hydrogen-bond acceptors (Lipinski definition) is 2. The van der Waals surface area contributed by atoms with Crippen LogP contribution < -0.4 is 9.47 Å². The van der Waals surface area contributed by atoms with Crippen molar-refractivity contribution in [2.75, 3.05) is 6.86 Å². The van der Waals surface area contributed by atoms with Crippen molar-refractivity contribution in [1.82, 2.24) is 0 Å². The van der Waals surface area contributed by atoms with Gasteiger partial charge in [-0.1, -0.05) is 13.8 Å². The first-order valence-electron chi connectivity index (χ1n) is 4.21. The van der Waals surface area contributed by atoms with Gasteiger partial charge in [0.05, 0.1) is 11.5 Å². The van der Waals surface area contributed by atoms with Gasteiger partial charge in [0.2, 0.25) is 6.86 Å². The topological polar surface area (TPSA) is 18.5 Å². The van der Waals surface area contributed by atoms with Gasteiger partial charge in [-0.05, 0) is 0 Å². The standard InChI is InChI=1S/C10H10F3O2.CH3.W/c1-6-3-7(2)9(15-10(12)13)8(4-6)14-5-11;;/h3,10H,5H2,1-2H3;1H3;/q2*-1;+2. The number of benzene rings is 1. The van der Waals surface area contributed by atoms with E-state index >= 15 is 0 Å². The summed E-state index contributed by atoms with van der Waals surface area (Å²) in [6, 6.07) is 4.20. The summed E-state index contributed by atoms with van der Waals surface area (Å²) in [5.41, 5.74) is 1.12. The van der Waals surface area contributed by atoms with E-state index in [1.54, 1.807) is 19.9 Å². The third-order valence-corrected chi connectivity index (χ3v) is 1.71. The van der Waals surface area contributed by atoms with Crippen molar-refractivity contribution in [2.24, 2.45) is 0 Å². The maximum absolute atomic E-state index is 12.0. The average Bonchev–Trinajstić information content (AvgIpc) is 2.11. The number of ether oxygens (including phenoxy) is 2. The van der Waals surface area contributed by atoms with Gasteiger partial charge < -0.3 is 16.9 Å². The number of rotatable bonds is 4. The second-order valence-electron chi connectivity index (χ2n) is 2.93. The molecule has 0 unspecified atom stereocenters. The minimum absolute atomic E-state index is 0. The van der Waals surface area contributed by atoms with Crippen LogP contribution >= 0.6 is 0 Å². The zero-order valence-corrected chi connectivity index (χ0v) is 12.7. The maximum Gasteiger partial charge on any atom is 2.00 e. The molecule has 0 bridgehead atoms. The van der Waals surface area contributed by atoms with Gasteiger partial charge in [0, 0.05) is 0 Å². The Morgan fingerprint density at radius 1 is 1.35 bits per heavy atom. The van der Waals surface area contributed by atoms with Gasteiger partial charge in [-0.25, -0.2) is 4.39 Å². The molecule has 0 spiro atoms. The van der Waals surface area contributed by atoms with E-state index in [1.165, 1.54) is 0 Å². The van der Waals surface area contributed by atoms with E-state index in [4.69, 9.17) is 0 Å². The minimum atomic E-state index is -2.97. The smallest absolute Gasteiger partial charge is 0.495 e. The first-order valence-corrected chi connectivity index (χ1v) is 4.21. The Morgan fingerprint density at radius 3 is 2.41 bits per heavy atom. The van der Waals surface area contributed by atoms with Crippen LogP contribution in [0.15, 0.2) is 6.07 Å². The van der Waals surface area contributed by atoms with Crippen molar-refractivity contribution in [3.8, 4) is 11.5 Å². The minimum Gasteiger partial charge on any atom is -0.495 e. The number of halogens is 3. The predicted octanol–water partition coefficient (Wildman–Crippen LogP) is 3.46. The molecule has 0 atom stereocenters. The fourth-order valence-corrected chi connectivity index (χ4v) is 1.23. The molecule has 0 radical (unpaired) electrons. The quantitative estimate of drug-likeness (QED) is 0.698. The summed E-state index contributed by atoms with van der Waals surface area (Å²) in [6.07, 6.45) is 0. The molecule has 0 aliphatic rings. The Kier molecular flexibility index (Phi) is 9.22. The first kappa shape index (κ1) is 18.7. The van der Waals surface area contributed by atoms with Crippen molar-refractivity contribution < 1.29 is 43.7 Å². The molecule has 1 aromatic carbocycles. The average molecular weight is 418 g/mol. The van der Waals surface area contributed by atoms with Crippen LogP contribution in [0.3, 0.4) is 0 Å². The Labute approximate surface area is 113 Å². The van der Waals surface area contributed by atoms with Crippen LogP contribution in [0.2, 0.25) is 0 Å². The van der Waals surface area contributed by atoms with Crippen molar-refractivity contribution in [3.05, 3.63) is 30.7 Å². The normalized spacial score (nSPS) is 9.29. The van der Waals surface area contributed by atoms with Crippen molar-refractivity contribution in [1.29, 1.82) is 0 Å². The molecule has 1 rings (SSSR count). The van der Waals surface area contributed by atoms with Crippen molar-refractivity contribution >= 4 is 0 Å². The molecule has 2 nitrogen and oxygen atoms in total. The van der Waals surface area contributed by atoms with Gasteiger partial charge >= 0.3 is 27.7 Å². The summed E-state index contributed by atoms with van der Waals surface area (Å²) < 4.78 is 44.8. The monoisotopic (exact) mass is 418 g/mol. The molecule has 6 heteroatoms. The summed E-state index contributed by atoms with van der Waals surface area (Å²) in [5.74, 6) is -0.302. The molecule has 0 aromatic heterocycles. The third kappa shape index (κ3) is 5.44. The van der Waals surface area contributed by atoms with Crippen LogP contribution in [0.4, 0.5) is 13.2 Å². The van der Waals surface area contributed by atoms with Gasteiger partial charge in [-0.15, -0.1) is 11.6 Å². The largest absolute Gasteiger partial charge is 2.00 e. The third-order valence-electron chi connectivity index (χ3n) is 1.71. The van der Waals surface area contributed by atoms with E-state index in [2.05, 4.69) is 15.5 Å². The van der Waals surface area contributed by atoms with Crippen LogP contribution in [0, 0.1) is 27.3 Å². The molecule has 0 aliphatic carbocycles. The van der Waals surface area contributed by atoms with Crippen LogP contribution in [0.25, 0.3) is 0 Å². The van der Waals surface area contributed by atoms with Crippen molar-refractivity contribution in [3.63, 3.8) is 0 Å². The van der Waals surface area contributed by atoms with Gasteiger partial charge in [0.15, 0.2) is 0 Å². The SMILES string of the molecule is Cc1[c-]c(OCF)c(OC(F)F)c(C)c1.[CH3-].[W+2]. The molecule has 0 amide bonds. The van der Waals surface area contributed by atoms with Gasteiger partial charge in [-0.2, -0.15) is 20.4 Å². The van der Waals surface area contributed by atoms with Crippen molar-refractivity contribution in [2.45, 2.75) is 20.5 Å². The second kappa shape index (κ2) is 8.40. The molecule has 0 saturated carbocycles. The number of alkyl halides is 3. The molecule has 0 aliphatic heterocycles. The van der Waals surface area contributed by atoms with Crippen LogP contribution in [0.5, 0.6) is 11.5 Å². The molecule has 0 fully saturated rings. The first-order chi connectivity index (χ1) is 7.04. The molecule has 0 N–H and O–H groups in total. The summed E-state index contributed by atoms with van der Waals surface area (Å²) >= 11 is 0. The van der Waals surface area contributed by atoms with Gasteiger partial charge in [0.25, 0.3) is 0 Å². The molecular weight excluding hydrogens is 405 g/mol. The Morgan fingerprint density at radius 2 is 1.94 bits per heavy atom. The van der Waals surface area contributed by atoms with E-state index < -0.39 is 13.5 Å². The van der Waals surface area contributed by atoms with E-state index in [0.717, 1.165) is 0 Å². The summed E-state index contributed by atoms with van der Waals surface area (Å²) in [6.45, 7) is -0.811. The number of hydrogen-bond donors (Lipinski definition) is 0.